The van der Waals surface area contributed by atoms with E-state index in [2.05, 4.69) is 22.4 Å². The van der Waals surface area contributed by atoms with Gasteiger partial charge in [-0.2, -0.15) is 0 Å². The smallest absolute Gasteiger partial charge is 0.0278 e. The van der Waals surface area contributed by atoms with Gasteiger partial charge in [0.15, 0.2) is 0 Å². The minimum Gasteiger partial charge on any atom is -0.317 e. The summed E-state index contributed by atoms with van der Waals surface area (Å²) in [5.41, 5.74) is 0.571. The predicted octanol–water partition coefficient (Wildman–Crippen LogP) is 2.17. The lowest BCUT2D eigenvalue weighted by Gasteiger charge is -2.40. The molecule has 1 spiro atoms. The third-order valence-corrected chi connectivity index (χ3v) is 4.82. The van der Waals surface area contributed by atoms with Crippen LogP contribution in [0.2, 0.25) is 0 Å². The summed E-state index contributed by atoms with van der Waals surface area (Å²) in [5.74, 6) is 0. The normalized spacial score (nSPS) is 34.6. The Kier molecular flexibility index (Phi) is 3.03. The van der Waals surface area contributed by atoms with Crippen molar-refractivity contribution < 1.29 is 0 Å². The molecule has 3 rings (SSSR count). The van der Waals surface area contributed by atoms with Gasteiger partial charge in [-0.15, -0.1) is 0 Å². The fourth-order valence-electron chi connectivity index (χ4n) is 3.65. The van der Waals surface area contributed by atoms with Crippen molar-refractivity contribution in [3.8, 4) is 0 Å². The Labute approximate surface area is 99.1 Å². The van der Waals surface area contributed by atoms with Gasteiger partial charge in [0.1, 0.15) is 0 Å². The highest BCUT2D eigenvalue weighted by Crippen LogP contribution is 2.40. The fraction of sp³-hybridized carbons (Fsp3) is 0.857. The van der Waals surface area contributed by atoms with Crippen molar-refractivity contribution in [2.75, 3.05) is 26.2 Å². The second kappa shape index (κ2) is 4.50. The number of likely N-dealkylation sites (tertiary alicyclic amines) is 1. The summed E-state index contributed by atoms with van der Waals surface area (Å²) in [7, 11) is 0. The molecule has 1 unspecified atom stereocenters. The Bertz CT molecular complexity index is 260. The molecule has 0 aromatic heterocycles. The van der Waals surface area contributed by atoms with Gasteiger partial charge in [0, 0.05) is 6.04 Å². The molecule has 0 aromatic rings. The van der Waals surface area contributed by atoms with Crippen LogP contribution in [0, 0.1) is 5.41 Å². The first kappa shape index (κ1) is 10.8. The van der Waals surface area contributed by atoms with Crippen LogP contribution in [0.3, 0.4) is 0 Å². The molecule has 0 saturated carbocycles. The van der Waals surface area contributed by atoms with Crippen molar-refractivity contribution >= 4 is 0 Å². The molecular weight excluding hydrogens is 196 g/mol. The van der Waals surface area contributed by atoms with Gasteiger partial charge >= 0.3 is 0 Å². The van der Waals surface area contributed by atoms with E-state index in [1.165, 1.54) is 64.7 Å². The Balaban J connectivity index is 1.64. The van der Waals surface area contributed by atoms with Gasteiger partial charge in [-0.1, -0.05) is 12.2 Å². The first-order valence-corrected chi connectivity index (χ1v) is 7.02. The third-order valence-electron chi connectivity index (χ3n) is 4.82. The zero-order valence-electron chi connectivity index (χ0n) is 10.3. The monoisotopic (exact) mass is 220 g/mol. The minimum absolute atomic E-state index is 0.571. The van der Waals surface area contributed by atoms with Crippen LogP contribution in [0.4, 0.5) is 0 Å². The van der Waals surface area contributed by atoms with E-state index in [-0.39, 0.29) is 0 Å². The molecule has 0 aromatic carbocycles. The quantitative estimate of drug-likeness (QED) is 0.681. The molecule has 2 saturated heterocycles. The topological polar surface area (TPSA) is 15.3 Å². The highest BCUT2D eigenvalue weighted by Gasteiger charge is 2.34. The molecule has 1 aliphatic carbocycles. The highest BCUT2D eigenvalue weighted by atomic mass is 15.2. The van der Waals surface area contributed by atoms with E-state index >= 15 is 0 Å². The van der Waals surface area contributed by atoms with Gasteiger partial charge in [-0.05, 0) is 70.1 Å². The second-order valence-corrected chi connectivity index (χ2v) is 5.82. The van der Waals surface area contributed by atoms with Crippen LogP contribution >= 0.6 is 0 Å². The number of rotatable bonds is 1. The summed E-state index contributed by atoms with van der Waals surface area (Å²) in [6.45, 7) is 5.12. The molecule has 90 valence electrons. The Morgan fingerprint density at radius 2 is 1.81 bits per heavy atom. The van der Waals surface area contributed by atoms with Crippen LogP contribution in [0.1, 0.15) is 38.5 Å². The number of hydrogen-bond acceptors (Lipinski definition) is 2. The number of allylic oxidation sites excluding steroid dienone is 1. The number of nitrogens with one attached hydrogen (secondary N) is 1. The third kappa shape index (κ3) is 2.05. The maximum atomic E-state index is 3.48. The average Bonchev–Trinajstić information content (AvgIpc) is 2.85. The number of hydrogen-bond donors (Lipinski definition) is 1. The van der Waals surface area contributed by atoms with Crippen molar-refractivity contribution in [2.24, 2.45) is 5.41 Å². The van der Waals surface area contributed by atoms with Gasteiger partial charge < -0.3 is 5.32 Å². The van der Waals surface area contributed by atoms with Crippen LogP contribution in [-0.2, 0) is 0 Å². The van der Waals surface area contributed by atoms with Crippen LogP contribution in [0.15, 0.2) is 12.2 Å². The molecule has 1 atom stereocenters. The molecular formula is C14H24N2. The number of piperidine rings is 1. The van der Waals surface area contributed by atoms with Crippen LogP contribution < -0.4 is 5.32 Å². The van der Waals surface area contributed by atoms with Crippen molar-refractivity contribution in [1.29, 1.82) is 0 Å². The number of nitrogens with zero attached hydrogens (tertiary/aromatic N) is 1. The van der Waals surface area contributed by atoms with Crippen LogP contribution in [0.25, 0.3) is 0 Å². The molecule has 2 fully saturated rings. The standard InChI is InChI=1S/C14H24N2/c1-2-12-16(11-1)13-3-5-14(6-4-13)7-9-15-10-8-14/h3,5,13,15H,1-2,4,6-12H2. The second-order valence-electron chi connectivity index (χ2n) is 5.82. The molecule has 0 amide bonds. The first-order valence-electron chi connectivity index (χ1n) is 7.02. The van der Waals surface area contributed by atoms with Crippen molar-refractivity contribution in [2.45, 2.75) is 44.6 Å². The molecule has 2 heterocycles. The van der Waals surface area contributed by atoms with E-state index in [4.69, 9.17) is 0 Å². The van der Waals surface area contributed by atoms with Crippen LogP contribution in [0.5, 0.6) is 0 Å². The summed E-state index contributed by atoms with van der Waals surface area (Å²) in [5, 5.41) is 3.48. The van der Waals surface area contributed by atoms with E-state index in [1.54, 1.807) is 0 Å². The summed E-state index contributed by atoms with van der Waals surface area (Å²) in [6, 6.07) is 0.767. The fourth-order valence-corrected chi connectivity index (χ4v) is 3.65. The van der Waals surface area contributed by atoms with Crippen LogP contribution in [-0.4, -0.2) is 37.1 Å². The van der Waals surface area contributed by atoms with Crippen molar-refractivity contribution in [1.82, 2.24) is 10.2 Å². The summed E-state index contributed by atoms with van der Waals surface area (Å²) in [6.07, 6.45) is 13.5. The molecule has 2 heteroatoms. The van der Waals surface area contributed by atoms with Crippen molar-refractivity contribution in [3.63, 3.8) is 0 Å². The Morgan fingerprint density at radius 3 is 2.44 bits per heavy atom. The highest BCUT2D eigenvalue weighted by molar-refractivity contribution is 5.11. The SMILES string of the molecule is C1=CC2(CCNCC2)CCC1N1CCCC1. The van der Waals surface area contributed by atoms with Crippen molar-refractivity contribution in [3.05, 3.63) is 12.2 Å². The Hall–Kier alpha value is -0.340. The lowest BCUT2D eigenvalue weighted by molar-refractivity contribution is 0.185. The first-order chi connectivity index (χ1) is 7.88. The maximum Gasteiger partial charge on any atom is 0.0278 e. The van der Waals surface area contributed by atoms with E-state index in [0.29, 0.717) is 5.41 Å². The summed E-state index contributed by atoms with van der Waals surface area (Å²) in [4.78, 5) is 2.68. The summed E-state index contributed by atoms with van der Waals surface area (Å²) >= 11 is 0. The lowest BCUT2D eigenvalue weighted by atomic mass is 9.71. The van der Waals surface area contributed by atoms with E-state index in [9.17, 15) is 0 Å². The molecule has 0 radical (unpaired) electrons. The van der Waals surface area contributed by atoms with Gasteiger partial charge in [0.05, 0.1) is 0 Å². The zero-order chi connectivity index (χ0) is 10.8. The lowest BCUT2D eigenvalue weighted by Crippen LogP contribution is -2.40. The van der Waals surface area contributed by atoms with Gasteiger partial charge in [-0.25, -0.2) is 0 Å². The Morgan fingerprint density at radius 1 is 1.06 bits per heavy atom. The van der Waals surface area contributed by atoms with Gasteiger partial charge in [0.2, 0.25) is 0 Å². The largest absolute Gasteiger partial charge is 0.317 e. The zero-order valence-corrected chi connectivity index (χ0v) is 10.3. The molecule has 16 heavy (non-hydrogen) atoms. The van der Waals surface area contributed by atoms with E-state index in [0.717, 1.165) is 6.04 Å². The van der Waals surface area contributed by atoms with E-state index in [1.807, 2.05) is 0 Å². The summed E-state index contributed by atoms with van der Waals surface area (Å²) < 4.78 is 0. The van der Waals surface area contributed by atoms with E-state index < -0.39 is 0 Å². The minimum atomic E-state index is 0.571. The average molecular weight is 220 g/mol. The molecule has 2 aliphatic heterocycles. The molecule has 2 nitrogen and oxygen atoms in total. The van der Waals surface area contributed by atoms with Gasteiger partial charge in [0.25, 0.3) is 0 Å². The van der Waals surface area contributed by atoms with Gasteiger partial charge in [-0.3, -0.25) is 4.90 Å². The molecule has 3 aliphatic rings. The predicted molar refractivity (Wildman–Crippen MR) is 67.5 cm³/mol. The molecule has 1 N–H and O–H groups in total. The maximum absolute atomic E-state index is 3.48. The molecule has 0 bridgehead atoms.